The lowest BCUT2D eigenvalue weighted by Gasteiger charge is -2.31. The van der Waals surface area contributed by atoms with Crippen molar-refractivity contribution in [1.29, 1.82) is 0 Å². The van der Waals surface area contributed by atoms with Gasteiger partial charge in [-0.15, -0.1) is 0 Å². The summed E-state index contributed by atoms with van der Waals surface area (Å²) >= 11 is 0. The van der Waals surface area contributed by atoms with Gasteiger partial charge in [-0.2, -0.15) is 0 Å². The summed E-state index contributed by atoms with van der Waals surface area (Å²) in [4.78, 5) is 37.3. The number of imide groups is 1. The van der Waals surface area contributed by atoms with Crippen molar-refractivity contribution in [2.75, 3.05) is 0 Å². The molecule has 2 aliphatic heterocycles. The van der Waals surface area contributed by atoms with Crippen LogP contribution in [0.25, 0.3) is 0 Å². The van der Waals surface area contributed by atoms with Crippen molar-refractivity contribution in [3.8, 4) is 0 Å². The molecule has 1 spiro atoms. The number of rotatable bonds is 0. The highest BCUT2D eigenvalue weighted by Crippen LogP contribution is 2.57. The molecule has 5 nitrogen and oxygen atoms in total. The molecule has 1 saturated heterocycles. The monoisotopic (exact) mass is 304 g/mol. The highest BCUT2D eigenvalue weighted by Gasteiger charge is 2.65. The second-order valence-electron chi connectivity index (χ2n) is 6.20. The number of hydrogen-bond donors (Lipinski definition) is 2. The van der Waals surface area contributed by atoms with Crippen LogP contribution in [0.5, 0.6) is 0 Å². The van der Waals surface area contributed by atoms with E-state index in [-0.39, 0.29) is 17.7 Å². The second-order valence-corrected chi connectivity index (χ2v) is 6.20. The van der Waals surface area contributed by atoms with E-state index in [1.54, 1.807) is 12.1 Å². The first-order chi connectivity index (χ1) is 11.1. The maximum absolute atomic E-state index is 12.5. The largest absolute Gasteiger partial charge is 0.337 e. The summed E-state index contributed by atoms with van der Waals surface area (Å²) in [6, 6.07) is 14.8. The average molecular weight is 304 g/mol. The van der Waals surface area contributed by atoms with E-state index < -0.39 is 17.4 Å². The molecule has 2 heterocycles. The van der Waals surface area contributed by atoms with Crippen molar-refractivity contribution < 1.29 is 14.4 Å². The van der Waals surface area contributed by atoms with Gasteiger partial charge in [-0.1, -0.05) is 42.5 Å². The Hall–Kier alpha value is -2.95. The topological polar surface area (TPSA) is 75.3 Å². The Morgan fingerprint density at radius 3 is 2.35 bits per heavy atom. The van der Waals surface area contributed by atoms with Gasteiger partial charge in [0.05, 0.1) is 11.8 Å². The summed E-state index contributed by atoms with van der Waals surface area (Å²) in [7, 11) is 0. The van der Waals surface area contributed by atoms with E-state index in [4.69, 9.17) is 0 Å². The molecule has 5 heteroatoms. The van der Waals surface area contributed by atoms with Crippen LogP contribution in [0.15, 0.2) is 48.5 Å². The van der Waals surface area contributed by atoms with Crippen LogP contribution >= 0.6 is 0 Å². The van der Waals surface area contributed by atoms with Gasteiger partial charge in [0.1, 0.15) is 5.54 Å². The van der Waals surface area contributed by atoms with Gasteiger partial charge >= 0.3 is 0 Å². The van der Waals surface area contributed by atoms with Crippen LogP contribution in [0.2, 0.25) is 0 Å². The lowest BCUT2D eigenvalue weighted by molar-refractivity contribution is -0.126. The zero-order valence-electron chi connectivity index (χ0n) is 12.0. The molecule has 0 radical (unpaired) electrons. The van der Waals surface area contributed by atoms with Crippen molar-refractivity contribution in [3.05, 3.63) is 70.8 Å². The highest BCUT2D eigenvalue weighted by atomic mass is 16.2. The summed E-state index contributed by atoms with van der Waals surface area (Å²) in [6.45, 7) is 0. The van der Waals surface area contributed by atoms with E-state index in [0.29, 0.717) is 5.56 Å². The lowest BCUT2D eigenvalue weighted by atomic mass is 9.77. The predicted molar refractivity (Wildman–Crippen MR) is 80.5 cm³/mol. The van der Waals surface area contributed by atoms with Gasteiger partial charge in [0.25, 0.3) is 5.91 Å². The van der Waals surface area contributed by atoms with Crippen LogP contribution in [0.4, 0.5) is 0 Å². The third-order valence-corrected chi connectivity index (χ3v) is 5.24. The number of benzene rings is 2. The first-order valence-corrected chi connectivity index (χ1v) is 7.51. The summed E-state index contributed by atoms with van der Waals surface area (Å²) in [5.41, 5.74) is 2.05. The lowest BCUT2D eigenvalue weighted by Crippen LogP contribution is -2.47. The number of nitrogens with one attached hydrogen (secondary N) is 2. The SMILES string of the molecule is O=C1NC2(c3ccccc31)c1ccccc1C1C(=O)NC(=O)C12. The molecule has 3 unspecified atom stereocenters. The molecule has 0 bridgehead atoms. The molecule has 112 valence electrons. The molecule has 3 atom stereocenters. The molecule has 0 aromatic heterocycles. The number of carbonyl (C=O) groups excluding carboxylic acids is 3. The van der Waals surface area contributed by atoms with Crippen molar-refractivity contribution in [2.45, 2.75) is 11.5 Å². The first-order valence-electron chi connectivity index (χ1n) is 7.51. The fourth-order valence-corrected chi connectivity index (χ4v) is 4.44. The summed E-state index contributed by atoms with van der Waals surface area (Å²) in [5.74, 6) is -2.01. The minimum absolute atomic E-state index is 0.205. The van der Waals surface area contributed by atoms with E-state index in [1.165, 1.54) is 0 Å². The maximum atomic E-state index is 12.5. The van der Waals surface area contributed by atoms with Gasteiger partial charge in [-0.05, 0) is 22.8 Å². The van der Waals surface area contributed by atoms with E-state index in [9.17, 15) is 14.4 Å². The number of hydrogen-bond acceptors (Lipinski definition) is 3. The van der Waals surface area contributed by atoms with Crippen molar-refractivity contribution >= 4 is 17.7 Å². The summed E-state index contributed by atoms with van der Waals surface area (Å²) in [5, 5.41) is 5.45. The van der Waals surface area contributed by atoms with Crippen LogP contribution in [-0.4, -0.2) is 17.7 Å². The Kier molecular flexibility index (Phi) is 2.12. The Labute approximate surface area is 131 Å². The molecule has 2 N–H and O–H groups in total. The second kappa shape index (κ2) is 3.87. The maximum Gasteiger partial charge on any atom is 0.252 e. The molecule has 1 fully saturated rings. The molecule has 3 amide bonds. The predicted octanol–water partition coefficient (Wildman–Crippen LogP) is 1.04. The van der Waals surface area contributed by atoms with Gasteiger partial charge in [0.2, 0.25) is 11.8 Å². The smallest absolute Gasteiger partial charge is 0.252 e. The van der Waals surface area contributed by atoms with Gasteiger partial charge in [-0.25, -0.2) is 0 Å². The van der Waals surface area contributed by atoms with Crippen LogP contribution in [-0.2, 0) is 15.1 Å². The zero-order valence-corrected chi connectivity index (χ0v) is 12.0. The van der Waals surface area contributed by atoms with E-state index in [0.717, 1.165) is 16.7 Å². The average Bonchev–Trinajstić information content (AvgIpc) is 3.13. The van der Waals surface area contributed by atoms with Crippen molar-refractivity contribution in [2.24, 2.45) is 5.92 Å². The standard InChI is InChI=1S/C18H12N2O3/c21-15-10-6-2-4-8-12(10)18(20-15)11-7-3-1-5-9(11)13-14(18)17(23)19-16(13)22/h1-8,13-14H,(H,20,21)(H,19,22,23). The van der Waals surface area contributed by atoms with E-state index in [1.807, 2.05) is 36.4 Å². The zero-order chi connectivity index (χ0) is 15.8. The quantitative estimate of drug-likeness (QED) is 0.714. The van der Waals surface area contributed by atoms with Crippen LogP contribution in [0.1, 0.15) is 33.0 Å². The molecule has 2 aromatic rings. The normalized spacial score (nSPS) is 30.0. The fraction of sp³-hybridized carbons (Fsp3) is 0.167. The number of amides is 3. The van der Waals surface area contributed by atoms with Gasteiger partial charge in [-0.3, -0.25) is 19.7 Å². The minimum Gasteiger partial charge on any atom is -0.337 e. The highest BCUT2D eigenvalue weighted by molar-refractivity contribution is 6.12. The van der Waals surface area contributed by atoms with Crippen LogP contribution in [0, 0.1) is 5.92 Å². The third kappa shape index (κ3) is 1.27. The first kappa shape index (κ1) is 12.6. The summed E-state index contributed by atoms with van der Waals surface area (Å²) in [6.07, 6.45) is 0. The summed E-state index contributed by atoms with van der Waals surface area (Å²) < 4.78 is 0. The van der Waals surface area contributed by atoms with Gasteiger partial charge in [0, 0.05) is 5.56 Å². The molecule has 23 heavy (non-hydrogen) atoms. The van der Waals surface area contributed by atoms with Crippen LogP contribution in [0.3, 0.4) is 0 Å². The molecule has 2 aromatic carbocycles. The van der Waals surface area contributed by atoms with Gasteiger partial charge in [0.15, 0.2) is 0 Å². The van der Waals surface area contributed by atoms with E-state index >= 15 is 0 Å². The van der Waals surface area contributed by atoms with Crippen molar-refractivity contribution in [3.63, 3.8) is 0 Å². The van der Waals surface area contributed by atoms with Gasteiger partial charge < -0.3 is 5.32 Å². The Morgan fingerprint density at radius 2 is 1.52 bits per heavy atom. The molecule has 3 aliphatic rings. The minimum atomic E-state index is -0.953. The number of carbonyl (C=O) groups is 3. The molecule has 1 aliphatic carbocycles. The molecule has 5 rings (SSSR count). The molecular weight excluding hydrogens is 292 g/mol. The fourth-order valence-electron chi connectivity index (χ4n) is 4.44. The third-order valence-electron chi connectivity index (χ3n) is 5.24. The molecule has 0 saturated carbocycles. The Balaban J connectivity index is 1.89. The number of fused-ring (bicyclic) bond motifs is 7. The van der Waals surface area contributed by atoms with Crippen molar-refractivity contribution in [1.82, 2.24) is 10.6 Å². The molecular formula is C18H12N2O3. The Bertz CT molecular complexity index is 920. The van der Waals surface area contributed by atoms with Crippen LogP contribution < -0.4 is 10.6 Å². The van der Waals surface area contributed by atoms with E-state index in [2.05, 4.69) is 10.6 Å². The Morgan fingerprint density at radius 1 is 0.826 bits per heavy atom.